The Morgan fingerprint density at radius 1 is 1.13 bits per heavy atom. The van der Waals surface area contributed by atoms with Crippen molar-refractivity contribution in [2.45, 2.75) is 32.9 Å². The first-order valence-corrected chi connectivity index (χ1v) is 8.12. The van der Waals surface area contributed by atoms with Crippen LogP contribution in [0.3, 0.4) is 0 Å². The minimum atomic E-state index is -0.181. The van der Waals surface area contributed by atoms with Gasteiger partial charge in [0, 0.05) is 33.1 Å². The zero-order chi connectivity index (χ0) is 16.2. The second-order valence-corrected chi connectivity index (χ2v) is 6.13. The van der Waals surface area contributed by atoms with Crippen molar-refractivity contribution in [2.75, 3.05) is 26.2 Å². The fourth-order valence-electron chi connectivity index (χ4n) is 3.02. The van der Waals surface area contributed by atoms with E-state index in [1.807, 2.05) is 19.1 Å². The number of aromatic nitrogens is 2. The van der Waals surface area contributed by atoms with E-state index in [9.17, 15) is 4.39 Å². The van der Waals surface area contributed by atoms with E-state index in [0.29, 0.717) is 11.8 Å². The molecule has 1 fully saturated rings. The van der Waals surface area contributed by atoms with Crippen LogP contribution in [0.25, 0.3) is 0 Å². The molecule has 5 nitrogen and oxygen atoms in total. The third-order valence-corrected chi connectivity index (χ3v) is 4.39. The lowest BCUT2D eigenvalue weighted by Crippen LogP contribution is -2.32. The van der Waals surface area contributed by atoms with Crippen molar-refractivity contribution in [2.24, 2.45) is 0 Å². The smallest absolute Gasteiger partial charge is 0.233 e. The maximum Gasteiger partial charge on any atom is 0.233 e. The molecule has 0 aliphatic carbocycles. The van der Waals surface area contributed by atoms with Crippen LogP contribution in [-0.2, 0) is 6.54 Å². The van der Waals surface area contributed by atoms with E-state index in [4.69, 9.17) is 4.42 Å². The van der Waals surface area contributed by atoms with E-state index >= 15 is 0 Å². The van der Waals surface area contributed by atoms with Gasteiger partial charge in [0.05, 0.1) is 6.04 Å². The monoisotopic (exact) mass is 318 g/mol. The third-order valence-electron chi connectivity index (χ3n) is 4.39. The molecule has 1 saturated heterocycles. The molecule has 0 radical (unpaired) electrons. The third kappa shape index (κ3) is 4.14. The fraction of sp³-hybridized carbons (Fsp3) is 0.529. The van der Waals surface area contributed by atoms with E-state index < -0.39 is 0 Å². The van der Waals surface area contributed by atoms with Crippen LogP contribution < -0.4 is 0 Å². The Balaban J connectivity index is 1.57. The van der Waals surface area contributed by atoms with Crippen molar-refractivity contribution in [3.63, 3.8) is 0 Å². The van der Waals surface area contributed by atoms with E-state index in [-0.39, 0.29) is 11.9 Å². The van der Waals surface area contributed by atoms with Crippen LogP contribution in [-0.4, -0.2) is 46.2 Å². The van der Waals surface area contributed by atoms with Crippen molar-refractivity contribution < 1.29 is 8.81 Å². The Labute approximate surface area is 136 Å². The standard InChI is InChI=1S/C17H23FN4O/c1-13(17-20-19-14(2)23-17)22-9-3-8-21(10-11-22)12-15-4-6-16(18)7-5-15/h4-7,13H,3,8-12H2,1-2H3. The molecule has 1 aliphatic heterocycles. The van der Waals surface area contributed by atoms with Gasteiger partial charge in [-0.2, -0.15) is 0 Å². The molecule has 1 unspecified atom stereocenters. The highest BCUT2D eigenvalue weighted by Gasteiger charge is 2.23. The molecule has 124 valence electrons. The molecule has 6 heteroatoms. The Hall–Kier alpha value is -1.79. The predicted octanol–water partition coefficient (Wildman–Crippen LogP) is 2.79. The van der Waals surface area contributed by atoms with Crippen LogP contribution in [0, 0.1) is 12.7 Å². The predicted molar refractivity (Wildman–Crippen MR) is 85.3 cm³/mol. The molecule has 0 N–H and O–H groups in total. The highest BCUT2D eigenvalue weighted by molar-refractivity contribution is 5.15. The van der Waals surface area contributed by atoms with Gasteiger partial charge in [-0.25, -0.2) is 4.39 Å². The molecule has 0 amide bonds. The average molecular weight is 318 g/mol. The Bertz CT molecular complexity index is 628. The summed E-state index contributed by atoms with van der Waals surface area (Å²) in [6.45, 7) is 8.80. The van der Waals surface area contributed by atoms with Crippen LogP contribution in [0.15, 0.2) is 28.7 Å². The summed E-state index contributed by atoms with van der Waals surface area (Å²) in [4.78, 5) is 4.80. The lowest BCUT2D eigenvalue weighted by Gasteiger charge is -2.25. The van der Waals surface area contributed by atoms with Gasteiger partial charge in [-0.15, -0.1) is 10.2 Å². The van der Waals surface area contributed by atoms with E-state index in [1.165, 1.54) is 12.1 Å². The molecule has 1 aromatic heterocycles. The van der Waals surface area contributed by atoms with Gasteiger partial charge < -0.3 is 4.42 Å². The summed E-state index contributed by atoms with van der Waals surface area (Å²) >= 11 is 0. The summed E-state index contributed by atoms with van der Waals surface area (Å²) in [5, 5.41) is 8.06. The van der Waals surface area contributed by atoms with Crippen LogP contribution in [0.2, 0.25) is 0 Å². The molecule has 3 rings (SSSR count). The molecule has 2 aromatic rings. The van der Waals surface area contributed by atoms with Crippen LogP contribution in [0.5, 0.6) is 0 Å². The maximum absolute atomic E-state index is 13.0. The van der Waals surface area contributed by atoms with E-state index in [1.54, 1.807) is 0 Å². The first kappa shape index (κ1) is 16.1. The molecule has 1 aliphatic rings. The summed E-state index contributed by atoms with van der Waals surface area (Å²) in [5.41, 5.74) is 1.15. The van der Waals surface area contributed by atoms with Crippen molar-refractivity contribution in [1.29, 1.82) is 0 Å². The molecule has 0 bridgehead atoms. The summed E-state index contributed by atoms with van der Waals surface area (Å²) in [6, 6.07) is 6.92. The molecule has 2 heterocycles. The summed E-state index contributed by atoms with van der Waals surface area (Å²) < 4.78 is 18.6. The fourth-order valence-corrected chi connectivity index (χ4v) is 3.02. The first-order chi connectivity index (χ1) is 11.1. The highest BCUT2D eigenvalue weighted by Crippen LogP contribution is 2.21. The SMILES string of the molecule is Cc1nnc(C(C)N2CCCN(Cc3ccc(F)cc3)CC2)o1. The van der Waals surface area contributed by atoms with Gasteiger partial charge in [0.15, 0.2) is 0 Å². The average Bonchev–Trinajstić information content (AvgIpc) is 2.84. The van der Waals surface area contributed by atoms with Crippen molar-refractivity contribution >= 4 is 0 Å². The van der Waals surface area contributed by atoms with Gasteiger partial charge in [-0.1, -0.05) is 12.1 Å². The summed E-state index contributed by atoms with van der Waals surface area (Å²) in [5.74, 6) is 1.12. The second-order valence-electron chi connectivity index (χ2n) is 6.13. The molecular weight excluding hydrogens is 295 g/mol. The van der Waals surface area contributed by atoms with Crippen LogP contribution >= 0.6 is 0 Å². The number of aryl methyl sites for hydroxylation is 1. The van der Waals surface area contributed by atoms with Gasteiger partial charge in [0.25, 0.3) is 0 Å². The lowest BCUT2D eigenvalue weighted by atomic mass is 10.2. The normalized spacial score (nSPS) is 18.7. The van der Waals surface area contributed by atoms with Gasteiger partial charge in [0.1, 0.15) is 5.82 Å². The summed E-state index contributed by atoms with van der Waals surface area (Å²) in [7, 11) is 0. The number of hydrogen-bond donors (Lipinski definition) is 0. The number of halogens is 1. The molecule has 0 spiro atoms. The molecule has 1 atom stereocenters. The molecule has 1 aromatic carbocycles. The Kier molecular flexibility index (Phi) is 5.03. The van der Waals surface area contributed by atoms with Crippen molar-refractivity contribution in [1.82, 2.24) is 20.0 Å². The van der Waals surface area contributed by atoms with E-state index in [0.717, 1.165) is 44.7 Å². The van der Waals surface area contributed by atoms with Gasteiger partial charge >= 0.3 is 0 Å². The number of rotatable bonds is 4. The topological polar surface area (TPSA) is 45.4 Å². The lowest BCUT2D eigenvalue weighted by molar-refractivity contribution is 0.183. The van der Waals surface area contributed by atoms with E-state index in [2.05, 4.69) is 26.9 Å². The number of nitrogens with zero attached hydrogens (tertiary/aromatic N) is 4. The second kappa shape index (κ2) is 7.19. The molecule has 23 heavy (non-hydrogen) atoms. The Morgan fingerprint density at radius 2 is 1.91 bits per heavy atom. The number of benzene rings is 1. The minimum absolute atomic E-state index is 0.141. The summed E-state index contributed by atoms with van der Waals surface area (Å²) in [6.07, 6.45) is 1.10. The van der Waals surface area contributed by atoms with Gasteiger partial charge in [-0.05, 0) is 37.6 Å². The Morgan fingerprint density at radius 3 is 2.61 bits per heavy atom. The highest BCUT2D eigenvalue weighted by atomic mass is 19.1. The minimum Gasteiger partial charge on any atom is -0.424 e. The molecular formula is C17H23FN4O. The maximum atomic E-state index is 13.0. The van der Waals surface area contributed by atoms with Crippen LogP contribution in [0.1, 0.15) is 36.7 Å². The quantitative estimate of drug-likeness (QED) is 0.867. The zero-order valence-corrected chi connectivity index (χ0v) is 13.7. The number of hydrogen-bond acceptors (Lipinski definition) is 5. The van der Waals surface area contributed by atoms with Crippen molar-refractivity contribution in [3.8, 4) is 0 Å². The largest absolute Gasteiger partial charge is 0.424 e. The van der Waals surface area contributed by atoms with Crippen molar-refractivity contribution in [3.05, 3.63) is 47.4 Å². The van der Waals surface area contributed by atoms with Gasteiger partial charge in [-0.3, -0.25) is 9.80 Å². The first-order valence-electron chi connectivity index (χ1n) is 8.12. The van der Waals surface area contributed by atoms with Gasteiger partial charge in [0.2, 0.25) is 11.8 Å². The van der Waals surface area contributed by atoms with Crippen LogP contribution in [0.4, 0.5) is 4.39 Å². The zero-order valence-electron chi connectivity index (χ0n) is 13.7. The molecule has 0 saturated carbocycles.